The Morgan fingerprint density at radius 1 is 0.929 bits per heavy atom. The number of carbonyl (C=O) groups excluding carboxylic acids is 2. The van der Waals surface area contributed by atoms with Crippen LogP contribution in [0.2, 0.25) is 0 Å². The van der Waals surface area contributed by atoms with E-state index in [1.54, 1.807) is 48.5 Å². The molecule has 2 N–H and O–H groups in total. The van der Waals surface area contributed by atoms with E-state index in [1.165, 1.54) is 31.4 Å². The van der Waals surface area contributed by atoms with Gasteiger partial charge in [-0.05, 0) is 36.4 Å². The van der Waals surface area contributed by atoms with E-state index in [4.69, 9.17) is 9.47 Å². The second-order valence-corrected chi connectivity index (χ2v) is 5.96. The van der Waals surface area contributed by atoms with E-state index < -0.39 is 18.0 Å². The molecule has 3 aromatic carbocycles. The lowest BCUT2D eigenvalue weighted by molar-refractivity contribution is -0.125. The molecule has 1 amide bonds. The summed E-state index contributed by atoms with van der Waals surface area (Å²) in [4.78, 5) is 25.4. The Kier molecular flexibility index (Phi) is 5.91. The number of carbonyl (C=O) groups is 2. The maximum atomic E-state index is 12.9. The van der Waals surface area contributed by atoms with Crippen LogP contribution in [0.15, 0.2) is 78.9 Å². The van der Waals surface area contributed by atoms with E-state index in [-0.39, 0.29) is 11.3 Å². The second kappa shape index (κ2) is 8.73. The molecule has 6 heteroatoms. The molecule has 3 rings (SSSR count). The molecule has 0 bridgehead atoms. The Morgan fingerprint density at radius 3 is 2.32 bits per heavy atom. The smallest absolute Gasteiger partial charge is 0.339 e. The Labute approximate surface area is 162 Å². The van der Waals surface area contributed by atoms with Gasteiger partial charge in [0.2, 0.25) is 6.10 Å². The summed E-state index contributed by atoms with van der Waals surface area (Å²) in [5, 5.41) is 12.1. The van der Waals surface area contributed by atoms with Crippen molar-refractivity contribution >= 4 is 17.6 Å². The van der Waals surface area contributed by atoms with Crippen molar-refractivity contribution in [1.82, 2.24) is 0 Å². The number of aromatic hydroxyl groups is 1. The number of esters is 1. The molecule has 0 fully saturated rings. The van der Waals surface area contributed by atoms with Crippen LogP contribution in [0.25, 0.3) is 0 Å². The molecule has 0 aliphatic rings. The molecule has 0 aliphatic carbocycles. The Bertz CT molecular complexity index is 954. The van der Waals surface area contributed by atoms with Crippen LogP contribution in [0.1, 0.15) is 22.0 Å². The van der Waals surface area contributed by atoms with Crippen LogP contribution < -0.4 is 10.1 Å². The molecule has 0 spiro atoms. The molecule has 0 aromatic heterocycles. The highest BCUT2D eigenvalue weighted by Crippen LogP contribution is 2.24. The number of anilines is 1. The van der Waals surface area contributed by atoms with E-state index in [9.17, 15) is 14.7 Å². The summed E-state index contributed by atoms with van der Waals surface area (Å²) in [6.45, 7) is 0. The fourth-order valence-electron chi connectivity index (χ4n) is 2.58. The highest BCUT2D eigenvalue weighted by atomic mass is 16.5. The second-order valence-electron chi connectivity index (χ2n) is 5.96. The predicted molar refractivity (Wildman–Crippen MR) is 104 cm³/mol. The largest absolute Gasteiger partial charge is 0.508 e. The van der Waals surface area contributed by atoms with Gasteiger partial charge in [-0.1, -0.05) is 36.4 Å². The topological polar surface area (TPSA) is 84.9 Å². The van der Waals surface area contributed by atoms with Crippen LogP contribution in [0.5, 0.6) is 11.5 Å². The van der Waals surface area contributed by atoms with Gasteiger partial charge in [0, 0.05) is 17.3 Å². The van der Waals surface area contributed by atoms with Gasteiger partial charge < -0.3 is 19.9 Å². The minimum atomic E-state index is -1.14. The van der Waals surface area contributed by atoms with Gasteiger partial charge in [0.05, 0.1) is 12.7 Å². The number of hydrogen-bond acceptors (Lipinski definition) is 5. The molecule has 0 saturated heterocycles. The third-order valence-corrected chi connectivity index (χ3v) is 4.01. The summed E-state index contributed by atoms with van der Waals surface area (Å²) in [5.41, 5.74) is 1.29. The molecular weight excluding hydrogens is 358 g/mol. The summed E-state index contributed by atoms with van der Waals surface area (Å²) in [6.07, 6.45) is -1.14. The van der Waals surface area contributed by atoms with Gasteiger partial charge in [-0.3, -0.25) is 4.79 Å². The monoisotopic (exact) mass is 377 g/mol. The van der Waals surface area contributed by atoms with Crippen LogP contribution in [0, 0.1) is 0 Å². The molecule has 0 aliphatic heterocycles. The van der Waals surface area contributed by atoms with Crippen molar-refractivity contribution in [3.8, 4) is 11.5 Å². The van der Waals surface area contributed by atoms with Crippen molar-refractivity contribution in [3.63, 3.8) is 0 Å². The fraction of sp³-hybridized carbons (Fsp3) is 0.0909. The summed E-state index contributed by atoms with van der Waals surface area (Å²) in [7, 11) is 1.53. The van der Waals surface area contributed by atoms with Crippen molar-refractivity contribution in [2.24, 2.45) is 0 Å². The van der Waals surface area contributed by atoms with Gasteiger partial charge in [0.15, 0.2) is 0 Å². The SMILES string of the molecule is COc1cccc(NC(=O)[C@@H](OC(=O)c2ccc(O)cc2)c2ccccc2)c1. The van der Waals surface area contributed by atoms with Crippen LogP contribution in [0.4, 0.5) is 5.69 Å². The molecule has 1 atom stereocenters. The zero-order chi connectivity index (χ0) is 19.9. The predicted octanol–water partition coefficient (Wildman–Crippen LogP) is 3.94. The van der Waals surface area contributed by atoms with Gasteiger partial charge in [-0.15, -0.1) is 0 Å². The molecule has 3 aromatic rings. The minimum Gasteiger partial charge on any atom is -0.508 e. The molecule has 0 radical (unpaired) electrons. The number of rotatable bonds is 6. The highest BCUT2D eigenvalue weighted by Gasteiger charge is 2.26. The van der Waals surface area contributed by atoms with Crippen molar-refractivity contribution in [2.75, 3.05) is 12.4 Å². The van der Waals surface area contributed by atoms with Gasteiger partial charge >= 0.3 is 5.97 Å². The Morgan fingerprint density at radius 2 is 1.64 bits per heavy atom. The number of methoxy groups -OCH3 is 1. The first kappa shape index (κ1) is 19.0. The molecule has 6 nitrogen and oxygen atoms in total. The van der Waals surface area contributed by atoms with Crippen LogP contribution in [-0.2, 0) is 9.53 Å². The maximum absolute atomic E-state index is 12.9. The van der Waals surface area contributed by atoms with Crippen molar-refractivity contribution in [2.45, 2.75) is 6.10 Å². The van der Waals surface area contributed by atoms with Crippen LogP contribution in [-0.4, -0.2) is 24.1 Å². The summed E-state index contributed by atoms with van der Waals surface area (Å²) < 4.78 is 10.6. The molecule has 0 saturated carbocycles. The van der Waals surface area contributed by atoms with E-state index in [2.05, 4.69) is 5.32 Å². The van der Waals surface area contributed by atoms with E-state index >= 15 is 0 Å². The molecule has 0 heterocycles. The summed E-state index contributed by atoms with van der Waals surface area (Å²) in [6, 6.07) is 21.2. The Balaban J connectivity index is 1.83. The number of phenols is 1. The average Bonchev–Trinajstić information content (AvgIpc) is 2.73. The van der Waals surface area contributed by atoms with Crippen LogP contribution >= 0.6 is 0 Å². The van der Waals surface area contributed by atoms with Gasteiger partial charge in [-0.2, -0.15) is 0 Å². The Hall–Kier alpha value is -3.80. The normalized spacial score (nSPS) is 11.3. The van der Waals surface area contributed by atoms with E-state index in [1.807, 2.05) is 6.07 Å². The summed E-state index contributed by atoms with van der Waals surface area (Å²) in [5.74, 6) is -0.539. The van der Waals surface area contributed by atoms with Crippen molar-refractivity contribution in [1.29, 1.82) is 0 Å². The molecular formula is C22H19NO5. The van der Waals surface area contributed by atoms with Gasteiger partial charge in [-0.25, -0.2) is 4.79 Å². The first-order valence-electron chi connectivity index (χ1n) is 8.56. The lowest BCUT2D eigenvalue weighted by atomic mass is 10.1. The number of phenolic OH excluding ortho intramolecular Hbond substituents is 1. The number of ether oxygens (including phenoxy) is 2. The zero-order valence-electron chi connectivity index (χ0n) is 15.2. The quantitative estimate of drug-likeness (QED) is 0.636. The number of benzene rings is 3. The third kappa shape index (κ3) is 4.67. The molecule has 28 heavy (non-hydrogen) atoms. The average molecular weight is 377 g/mol. The van der Waals surface area contributed by atoms with Crippen LogP contribution in [0.3, 0.4) is 0 Å². The fourth-order valence-corrected chi connectivity index (χ4v) is 2.58. The van der Waals surface area contributed by atoms with Gasteiger partial charge in [0.1, 0.15) is 11.5 Å². The lowest BCUT2D eigenvalue weighted by Crippen LogP contribution is -2.26. The minimum absolute atomic E-state index is 0.0342. The standard InChI is InChI=1S/C22H19NO5/c1-27-19-9-5-8-17(14-19)23-21(25)20(15-6-3-2-4-7-15)28-22(26)16-10-12-18(24)13-11-16/h2-14,20,24H,1H3,(H,23,25)/t20-/m0/s1. The summed E-state index contributed by atoms with van der Waals surface area (Å²) >= 11 is 0. The zero-order valence-corrected chi connectivity index (χ0v) is 15.2. The number of amides is 1. The third-order valence-electron chi connectivity index (χ3n) is 4.01. The highest BCUT2D eigenvalue weighted by molar-refractivity contribution is 5.98. The number of nitrogens with one attached hydrogen (secondary N) is 1. The molecule has 142 valence electrons. The van der Waals surface area contributed by atoms with Crippen molar-refractivity contribution in [3.05, 3.63) is 90.0 Å². The molecule has 0 unspecified atom stereocenters. The lowest BCUT2D eigenvalue weighted by Gasteiger charge is -2.18. The van der Waals surface area contributed by atoms with Gasteiger partial charge in [0.25, 0.3) is 5.91 Å². The van der Waals surface area contributed by atoms with E-state index in [0.717, 1.165) is 0 Å². The number of hydrogen-bond donors (Lipinski definition) is 2. The maximum Gasteiger partial charge on any atom is 0.339 e. The van der Waals surface area contributed by atoms with Crippen molar-refractivity contribution < 1.29 is 24.2 Å². The first-order valence-corrected chi connectivity index (χ1v) is 8.56. The first-order chi connectivity index (χ1) is 13.6. The van der Waals surface area contributed by atoms with E-state index in [0.29, 0.717) is 17.0 Å².